The number of carbonyl (C=O) groups is 1. The Bertz CT molecular complexity index is 2130. The number of nitrogens with zero attached hydrogens (tertiary/aromatic N) is 2. The standard InChI is InChI=1S/C29H29N2SSi.C17H32O2.Ir/c1-33(2,3)26-17-22(15-21-11-7-8-12-23(21)26)27-29-28(31-18-30-27)24-14-13-20(16-25(24)32-29)19-9-5-4-6-10-19;1-10(2)16(11(3)4)14(18)9-15(19)17(12(5)6)13(7)8;/h7-8,11-14,16-19H,4-6,9-10H2,1-3H3;9-13,16-18H,1-8H3;/q-1;;/b;14-9-;/i18D,19D;;. The third kappa shape index (κ3) is 9.95. The van der Waals surface area contributed by atoms with E-state index in [1.807, 2.05) is 0 Å². The van der Waals surface area contributed by atoms with Crippen LogP contribution in [-0.2, 0) is 24.9 Å². The molecule has 0 saturated heterocycles. The fourth-order valence-electron chi connectivity index (χ4n) is 8.40. The number of fused-ring (bicyclic) bond motifs is 4. The molecule has 4 nitrogen and oxygen atoms in total. The number of allylic oxidation sites excluding steroid dienone is 2. The van der Waals surface area contributed by atoms with Crippen molar-refractivity contribution >= 4 is 61.5 Å². The molecule has 6 rings (SSSR count). The second-order valence-electron chi connectivity index (χ2n) is 17.2. The summed E-state index contributed by atoms with van der Waals surface area (Å²) in [5.74, 6) is 1.14. The van der Waals surface area contributed by atoms with Crippen LogP contribution < -0.4 is 5.19 Å². The number of aromatic nitrogens is 2. The van der Waals surface area contributed by atoms with E-state index in [1.54, 1.807) is 11.3 Å². The predicted octanol–water partition coefficient (Wildman–Crippen LogP) is 12.9. The van der Waals surface area contributed by atoms with Crippen molar-refractivity contribution in [3.63, 3.8) is 0 Å². The molecule has 53 heavy (non-hydrogen) atoms. The van der Waals surface area contributed by atoms with Crippen molar-refractivity contribution in [1.29, 1.82) is 0 Å². The molecule has 1 fully saturated rings. The van der Waals surface area contributed by atoms with Gasteiger partial charge in [-0.2, -0.15) is 0 Å². The number of hydrogen-bond donors (Lipinski definition) is 1. The molecule has 1 radical (unpaired) electrons. The number of benzene rings is 3. The van der Waals surface area contributed by atoms with Crippen LogP contribution in [0.5, 0.6) is 0 Å². The minimum atomic E-state index is -1.64. The molecule has 0 unspecified atom stereocenters. The Kier molecular flexibility index (Phi) is 13.8. The second kappa shape index (κ2) is 18.3. The molecule has 1 N–H and O–H groups in total. The van der Waals surface area contributed by atoms with Crippen LogP contribution in [0.2, 0.25) is 19.6 Å². The van der Waals surface area contributed by atoms with E-state index in [1.165, 1.54) is 23.1 Å². The van der Waals surface area contributed by atoms with Gasteiger partial charge in [-0.1, -0.05) is 136 Å². The fourth-order valence-corrected chi connectivity index (χ4v) is 11.2. The Balaban J connectivity index is 0.000000290. The molecule has 2 aromatic heterocycles. The molecule has 1 aliphatic rings. The summed E-state index contributed by atoms with van der Waals surface area (Å²) in [5, 5.41) is 15.1. The number of aliphatic hydroxyl groups excluding tert-OH is 1. The first-order chi connectivity index (χ1) is 25.3. The van der Waals surface area contributed by atoms with Gasteiger partial charge in [-0.25, -0.2) is 4.98 Å². The third-order valence-corrected chi connectivity index (χ3v) is 13.9. The molecule has 1 aliphatic carbocycles. The van der Waals surface area contributed by atoms with Gasteiger partial charge in [0, 0.05) is 59.9 Å². The summed E-state index contributed by atoms with van der Waals surface area (Å²) in [7, 11) is -1.64. The van der Waals surface area contributed by atoms with E-state index in [-0.39, 0.29) is 49.8 Å². The minimum Gasteiger partial charge on any atom is -0.512 e. The number of aliphatic hydroxyl groups is 1. The summed E-state index contributed by atoms with van der Waals surface area (Å²) in [6.45, 7) is 23.7. The number of thiophene rings is 1. The largest absolute Gasteiger partial charge is 0.512 e. The first-order valence-electron chi connectivity index (χ1n) is 20.4. The van der Waals surface area contributed by atoms with Crippen LogP contribution in [0.25, 0.3) is 42.3 Å². The monoisotopic (exact) mass is 928 g/mol. The van der Waals surface area contributed by atoms with Gasteiger partial charge >= 0.3 is 0 Å². The van der Waals surface area contributed by atoms with E-state index in [0.29, 0.717) is 23.7 Å². The van der Waals surface area contributed by atoms with Gasteiger partial charge in [-0.3, -0.25) is 9.78 Å². The van der Waals surface area contributed by atoms with Crippen LogP contribution in [0.4, 0.5) is 0 Å². The van der Waals surface area contributed by atoms with Gasteiger partial charge in [-0.05, 0) is 54.0 Å². The second-order valence-corrected chi connectivity index (χ2v) is 23.3. The maximum atomic E-state index is 12.3. The summed E-state index contributed by atoms with van der Waals surface area (Å²) >= 11 is 1.69. The Morgan fingerprint density at radius 2 is 1.51 bits per heavy atom. The average Bonchev–Trinajstić information content (AvgIpc) is 3.44. The molecule has 2 heterocycles. The van der Waals surface area contributed by atoms with E-state index in [4.69, 9.17) is 2.74 Å². The molecule has 3 aromatic carbocycles. The van der Waals surface area contributed by atoms with Crippen molar-refractivity contribution in [1.82, 2.24) is 9.97 Å². The maximum absolute atomic E-state index is 12.3. The Labute approximate surface area is 340 Å². The maximum Gasteiger partial charge on any atom is 0.162 e. The van der Waals surface area contributed by atoms with Crippen LogP contribution >= 0.6 is 11.3 Å². The molecule has 7 heteroatoms. The van der Waals surface area contributed by atoms with Crippen LogP contribution in [0.15, 0.2) is 66.7 Å². The predicted molar refractivity (Wildman–Crippen MR) is 228 cm³/mol. The van der Waals surface area contributed by atoms with Gasteiger partial charge in [0.15, 0.2) is 5.78 Å². The average molecular weight is 928 g/mol. The fraction of sp³-hybridized carbons (Fsp3) is 0.500. The van der Waals surface area contributed by atoms with Gasteiger partial charge in [0.2, 0.25) is 0 Å². The zero-order chi connectivity index (χ0) is 39.7. The molecule has 1 saturated carbocycles. The molecule has 0 spiro atoms. The van der Waals surface area contributed by atoms with Crippen molar-refractivity contribution in [3.05, 3.63) is 78.3 Å². The Morgan fingerprint density at radius 1 is 0.887 bits per heavy atom. The molecular formula is C46H61IrN2O2SSi-. The summed E-state index contributed by atoms with van der Waals surface area (Å²) in [5.41, 5.74) is 3.68. The smallest absolute Gasteiger partial charge is 0.162 e. The Morgan fingerprint density at radius 3 is 2.11 bits per heavy atom. The third-order valence-electron chi connectivity index (χ3n) is 10.7. The van der Waals surface area contributed by atoms with Crippen LogP contribution in [-0.4, -0.2) is 28.9 Å². The van der Waals surface area contributed by atoms with E-state index < -0.39 is 14.0 Å². The van der Waals surface area contributed by atoms with E-state index in [2.05, 4.69) is 140 Å². The quantitative estimate of drug-likeness (QED) is 0.0656. The summed E-state index contributed by atoms with van der Waals surface area (Å²) in [4.78, 5) is 21.5. The zero-order valence-electron chi connectivity index (χ0n) is 35.7. The molecule has 0 amide bonds. The van der Waals surface area contributed by atoms with Crippen molar-refractivity contribution in [3.8, 4) is 11.3 Å². The van der Waals surface area contributed by atoms with Crippen LogP contribution in [0, 0.1) is 41.6 Å². The molecule has 0 bridgehead atoms. The van der Waals surface area contributed by atoms with E-state index in [9.17, 15) is 9.90 Å². The first-order valence-corrected chi connectivity index (χ1v) is 23.8. The molecule has 287 valence electrons. The molecule has 5 aromatic rings. The van der Waals surface area contributed by atoms with E-state index >= 15 is 0 Å². The number of hydrogen-bond acceptors (Lipinski definition) is 5. The number of carbonyl (C=O) groups excluding carboxylic acids is 1. The van der Waals surface area contributed by atoms with Crippen molar-refractivity contribution in [2.75, 3.05) is 0 Å². The SMILES string of the molecule is CC(C)C(C(=O)/C=C(\O)C(C(C)C)C(C)C)C(C)C.[2H]c1nc(-c2[c-]c3ccccc3c([Si](C)(C)C)c2)c2sc3cc(C4([2H])CCCCC4)ccc3c2n1.[Ir]. The molecule has 0 aliphatic heterocycles. The van der Waals surface area contributed by atoms with Gasteiger partial charge in [0.05, 0.1) is 19.3 Å². The first kappa shape index (κ1) is 40.0. The van der Waals surface area contributed by atoms with E-state index in [0.717, 1.165) is 68.2 Å². The Hall–Kier alpha value is -2.70. The number of ketones is 1. The summed E-state index contributed by atoms with van der Waals surface area (Å²) in [6, 6.07) is 20.8. The van der Waals surface area contributed by atoms with Gasteiger partial charge in [0.25, 0.3) is 0 Å². The van der Waals surface area contributed by atoms with Gasteiger partial charge in [-0.15, -0.1) is 40.1 Å². The van der Waals surface area contributed by atoms with Gasteiger partial charge in [0.1, 0.15) is 7.67 Å². The molecule has 0 atom stereocenters. The van der Waals surface area contributed by atoms with Crippen molar-refractivity contribution in [2.24, 2.45) is 35.5 Å². The summed E-state index contributed by atoms with van der Waals surface area (Å²) in [6.07, 6.45) is 6.87. The topological polar surface area (TPSA) is 63.1 Å². The normalized spacial score (nSPS) is 15.8. The summed E-state index contributed by atoms with van der Waals surface area (Å²) < 4.78 is 19.6. The van der Waals surface area contributed by atoms with Crippen molar-refractivity contribution in [2.45, 2.75) is 113 Å². The van der Waals surface area contributed by atoms with Gasteiger partial charge < -0.3 is 5.11 Å². The van der Waals surface area contributed by atoms with Crippen LogP contribution in [0.1, 0.15) is 102 Å². The van der Waals surface area contributed by atoms with Crippen LogP contribution in [0.3, 0.4) is 0 Å². The minimum absolute atomic E-state index is 0. The zero-order valence-corrected chi connectivity index (χ0v) is 37.9. The molecular weight excluding hydrogens is 865 g/mol. The number of rotatable bonds is 10. The van der Waals surface area contributed by atoms with Crippen molar-refractivity contribution < 1.29 is 32.7 Å².